The molecule has 2 heterocycles. The van der Waals surface area contributed by atoms with Crippen molar-refractivity contribution in [3.63, 3.8) is 0 Å². The van der Waals surface area contributed by atoms with Crippen molar-refractivity contribution in [3.8, 4) is 0 Å². The van der Waals surface area contributed by atoms with Gasteiger partial charge in [0, 0.05) is 19.1 Å². The van der Waals surface area contributed by atoms with E-state index in [1.54, 1.807) is 5.56 Å². The zero-order valence-corrected chi connectivity index (χ0v) is 11.6. The van der Waals surface area contributed by atoms with Crippen LogP contribution in [0.3, 0.4) is 0 Å². The van der Waals surface area contributed by atoms with Gasteiger partial charge in [0.05, 0.1) is 0 Å². The van der Waals surface area contributed by atoms with Crippen LogP contribution in [0.15, 0.2) is 18.2 Å². The summed E-state index contributed by atoms with van der Waals surface area (Å²) in [4.78, 5) is 2.41. The van der Waals surface area contributed by atoms with Crippen LogP contribution >= 0.6 is 0 Å². The van der Waals surface area contributed by atoms with E-state index in [0.29, 0.717) is 6.04 Å². The predicted molar refractivity (Wildman–Crippen MR) is 75.6 cm³/mol. The second-order valence-electron chi connectivity index (χ2n) is 6.16. The van der Waals surface area contributed by atoms with E-state index in [2.05, 4.69) is 42.4 Å². The molecule has 2 heteroatoms. The fraction of sp³-hybridized carbons (Fsp3) is 0.625. The van der Waals surface area contributed by atoms with Gasteiger partial charge in [-0.05, 0) is 55.5 Å². The molecule has 2 aliphatic heterocycles. The fourth-order valence-electron chi connectivity index (χ4n) is 3.21. The molecule has 1 aromatic rings. The molecule has 98 valence electrons. The van der Waals surface area contributed by atoms with Gasteiger partial charge in [-0.3, -0.25) is 0 Å². The third-order valence-electron chi connectivity index (χ3n) is 4.50. The minimum atomic E-state index is 0.589. The Morgan fingerprint density at radius 2 is 2.11 bits per heavy atom. The van der Waals surface area contributed by atoms with Gasteiger partial charge in [-0.2, -0.15) is 0 Å². The molecular formula is C16H24N2. The maximum absolute atomic E-state index is 3.69. The summed E-state index contributed by atoms with van der Waals surface area (Å²) in [5.74, 6) is 0.840. The van der Waals surface area contributed by atoms with Crippen LogP contribution in [0.25, 0.3) is 0 Å². The van der Waals surface area contributed by atoms with Gasteiger partial charge in [0.2, 0.25) is 0 Å². The maximum Gasteiger partial charge on any atom is 0.0320 e. The molecular weight excluding hydrogens is 220 g/mol. The molecule has 1 saturated heterocycles. The van der Waals surface area contributed by atoms with E-state index >= 15 is 0 Å². The Labute approximate surface area is 110 Å². The van der Waals surface area contributed by atoms with E-state index in [9.17, 15) is 0 Å². The predicted octanol–water partition coefficient (Wildman–Crippen LogP) is 2.74. The number of hydrogen-bond donors (Lipinski definition) is 1. The lowest BCUT2D eigenvalue weighted by Crippen LogP contribution is -2.32. The SMILES string of the molecule is C[C@H]1CCC(c2ccc3c(c2)CCN(C)C3)NC1. The standard InChI is InChI=1S/C16H24N2/c1-12-3-6-16(17-10-12)14-4-5-15-11-18(2)8-7-13(15)9-14/h4-5,9,12,16-17H,3,6-8,10-11H2,1-2H3/t12-,16?/m0/s1. The van der Waals surface area contributed by atoms with Crippen molar-refractivity contribution < 1.29 is 0 Å². The summed E-state index contributed by atoms with van der Waals surface area (Å²) < 4.78 is 0. The Balaban J connectivity index is 1.78. The van der Waals surface area contributed by atoms with Gasteiger partial charge < -0.3 is 10.2 Å². The summed E-state index contributed by atoms with van der Waals surface area (Å²) in [7, 11) is 2.21. The average molecular weight is 244 g/mol. The number of fused-ring (bicyclic) bond motifs is 1. The highest BCUT2D eigenvalue weighted by molar-refractivity contribution is 5.35. The van der Waals surface area contributed by atoms with Gasteiger partial charge in [0.15, 0.2) is 0 Å². The normalized spacial score (nSPS) is 29.0. The van der Waals surface area contributed by atoms with Crippen LogP contribution < -0.4 is 5.32 Å². The molecule has 1 unspecified atom stereocenters. The van der Waals surface area contributed by atoms with Crippen LogP contribution in [0.1, 0.15) is 42.5 Å². The van der Waals surface area contributed by atoms with Crippen molar-refractivity contribution in [1.82, 2.24) is 10.2 Å². The van der Waals surface area contributed by atoms with Crippen molar-refractivity contribution in [2.24, 2.45) is 5.92 Å². The van der Waals surface area contributed by atoms with E-state index in [4.69, 9.17) is 0 Å². The van der Waals surface area contributed by atoms with Gasteiger partial charge in [0.25, 0.3) is 0 Å². The third-order valence-corrected chi connectivity index (χ3v) is 4.50. The first-order valence-electron chi connectivity index (χ1n) is 7.26. The number of nitrogens with zero attached hydrogens (tertiary/aromatic N) is 1. The number of nitrogens with one attached hydrogen (secondary N) is 1. The van der Waals surface area contributed by atoms with Gasteiger partial charge in [0.1, 0.15) is 0 Å². The minimum Gasteiger partial charge on any atom is -0.310 e. The van der Waals surface area contributed by atoms with E-state index in [-0.39, 0.29) is 0 Å². The van der Waals surface area contributed by atoms with E-state index < -0.39 is 0 Å². The molecule has 2 nitrogen and oxygen atoms in total. The van der Waals surface area contributed by atoms with Crippen molar-refractivity contribution in [1.29, 1.82) is 0 Å². The van der Waals surface area contributed by atoms with Gasteiger partial charge in [-0.15, -0.1) is 0 Å². The highest BCUT2D eigenvalue weighted by Crippen LogP contribution is 2.28. The summed E-state index contributed by atoms with van der Waals surface area (Å²) in [5.41, 5.74) is 4.60. The monoisotopic (exact) mass is 244 g/mol. The molecule has 1 aromatic carbocycles. The summed E-state index contributed by atoms with van der Waals surface area (Å²) in [6, 6.07) is 7.73. The Morgan fingerprint density at radius 1 is 1.22 bits per heavy atom. The molecule has 0 aliphatic carbocycles. The second kappa shape index (κ2) is 5.02. The topological polar surface area (TPSA) is 15.3 Å². The molecule has 2 atom stereocenters. The van der Waals surface area contributed by atoms with Crippen molar-refractivity contribution >= 4 is 0 Å². The molecule has 0 spiro atoms. The van der Waals surface area contributed by atoms with Gasteiger partial charge >= 0.3 is 0 Å². The number of rotatable bonds is 1. The molecule has 0 amide bonds. The van der Waals surface area contributed by atoms with E-state index in [0.717, 1.165) is 12.5 Å². The Bertz CT molecular complexity index is 419. The third kappa shape index (κ3) is 2.45. The molecule has 0 aromatic heterocycles. The van der Waals surface area contributed by atoms with Crippen LogP contribution in [0.4, 0.5) is 0 Å². The van der Waals surface area contributed by atoms with Crippen LogP contribution in [-0.2, 0) is 13.0 Å². The van der Waals surface area contributed by atoms with Crippen LogP contribution in [-0.4, -0.2) is 25.0 Å². The van der Waals surface area contributed by atoms with Gasteiger partial charge in [-0.1, -0.05) is 25.1 Å². The molecule has 2 aliphatic rings. The Morgan fingerprint density at radius 3 is 2.89 bits per heavy atom. The van der Waals surface area contributed by atoms with Crippen LogP contribution in [0.5, 0.6) is 0 Å². The molecule has 0 radical (unpaired) electrons. The maximum atomic E-state index is 3.69. The number of hydrogen-bond acceptors (Lipinski definition) is 2. The van der Waals surface area contributed by atoms with Gasteiger partial charge in [-0.25, -0.2) is 0 Å². The first-order valence-corrected chi connectivity index (χ1v) is 7.26. The largest absolute Gasteiger partial charge is 0.310 e. The zero-order chi connectivity index (χ0) is 12.5. The quantitative estimate of drug-likeness (QED) is 0.817. The summed E-state index contributed by atoms with van der Waals surface area (Å²) >= 11 is 0. The number of benzene rings is 1. The average Bonchev–Trinajstić information content (AvgIpc) is 2.39. The van der Waals surface area contributed by atoms with Crippen molar-refractivity contribution in [3.05, 3.63) is 34.9 Å². The molecule has 18 heavy (non-hydrogen) atoms. The highest BCUT2D eigenvalue weighted by atomic mass is 15.1. The van der Waals surface area contributed by atoms with Crippen molar-refractivity contribution in [2.75, 3.05) is 20.1 Å². The van der Waals surface area contributed by atoms with Crippen LogP contribution in [0, 0.1) is 5.92 Å². The number of likely N-dealkylation sites (N-methyl/N-ethyl adjacent to an activating group) is 1. The molecule has 0 bridgehead atoms. The lowest BCUT2D eigenvalue weighted by Gasteiger charge is -2.30. The zero-order valence-electron chi connectivity index (χ0n) is 11.6. The number of piperidine rings is 1. The molecule has 3 rings (SSSR count). The Kier molecular flexibility index (Phi) is 3.40. The summed E-state index contributed by atoms with van der Waals surface area (Å²) in [6.45, 7) is 5.83. The first kappa shape index (κ1) is 12.2. The van der Waals surface area contributed by atoms with Crippen molar-refractivity contribution in [2.45, 2.75) is 38.8 Å². The lowest BCUT2D eigenvalue weighted by molar-refractivity contribution is 0.311. The van der Waals surface area contributed by atoms with Crippen LogP contribution in [0.2, 0.25) is 0 Å². The first-order chi connectivity index (χ1) is 8.72. The molecule has 1 N–H and O–H groups in total. The molecule has 1 fully saturated rings. The van der Waals surface area contributed by atoms with E-state index in [1.807, 2.05) is 0 Å². The smallest absolute Gasteiger partial charge is 0.0320 e. The second-order valence-corrected chi connectivity index (χ2v) is 6.16. The fourth-order valence-corrected chi connectivity index (χ4v) is 3.21. The summed E-state index contributed by atoms with van der Waals surface area (Å²) in [6.07, 6.45) is 3.86. The van der Waals surface area contributed by atoms with E-state index in [1.165, 1.54) is 43.5 Å². The summed E-state index contributed by atoms with van der Waals surface area (Å²) in [5, 5.41) is 3.69. The minimum absolute atomic E-state index is 0.589. The highest BCUT2D eigenvalue weighted by Gasteiger charge is 2.20. The Hall–Kier alpha value is -0.860. The lowest BCUT2D eigenvalue weighted by atomic mass is 9.89. The molecule has 0 saturated carbocycles.